The number of aryl methyl sites for hydroxylation is 1. The second kappa shape index (κ2) is 6.39. The molecule has 0 spiro atoms. The van der Waals surface area contributed by atoms with Gasteiger partial charge in [0.05, 0.1) is 11.5 Å². The second-order valence-electron chi connectivity index (χ2n) is 3.65. The molecule has 0 aliphatic carbocycles. The molecule has 0 saturated carbocycles. The van der Waals surface area contributed by atoms with Gasteiger partial charge in [-0.15, -0.1) is 0 Å². The Bertz CT molecular complexity index is 472. The van der Waals surface area contributed by atoms with Crippen LogP contribution in [0.3, 0.4) is 0 Å². The zero-order chi connectivity index (χ0) is 12.9. The van der Waals surface area contributed by atoms with Crippen LogP contribution in [0.2, 0.25) is 0 Å². The van der Waals surface area contributed by atoms with Gasteiger partial charge in [0.15, 0.2) is 0 Å². The van der Waals surface area contributed by atoms with Crippen LogP contribution in [-0.2, 0) is 16.6 Å². The van der Waals surface area contributed by atoms with Gasteiger partial charge in [-0.2, -0.15) is 11.8 Å². The quantitative estimate of drug-likeness (QED) is 0.764. The van der Waals surface area contributed by atoms with Crippen LogP contribution in [0, 0.1) is 6.92 Å². The van der Waals surface area contributed by atoms with Gasteiger partial charge in [-0.3, -0.25) is 0 Å². The summed E-state index contributed by atoms with van der Waals surface area (Å²) in [4.78, 5) is 0.241. The van der Waals surface area contributed by atoms with E-state index in [0.29, 0.717) is 17.7 Å². The van der Waals surface area contributed by atoms with Crippen molar-refractivity contribution in [3.05, 3.63) is 29.3 Å². The Kier molecular flexibility index (Phi) is 5.45. The average Bonchev–Trinajstić information content (AvgIpc) is 2.29. The van der Waals surface area contributed by atoms with Crippen LogP contribution < -0.4 is 4.72 Å². The lowest BCUT2D eigenvalue weighted by Crippen LogP contribution is -2.26. The molecule has 4 nitrogen and oxygen atoms in total. The Labute approximate surface area is 106 Å². The van der Waals surface area contributed by atoms with E-state index in [2.05, 4.69) is 4.72 Å². The number of sulfonamides is 1. The molecule has 0 amide bonds. The van der Waals surface area contributed by atoms with Gasteiger partial charge >= 0.3 is 0 Å². The molecule has 0 bridgehead atoms. The zero-order valence-corrected chi connectivity index (χ0v) is 11.6. The lowest BCUT2D eigenvalue weighted by atomic mass is 10.2. The summed E-state index contributed by atoms with van der Waals surface area (Å²) in [7, 11) is -3.47. The lowest BCUT2D eigenvalue weighted by molar-refractivity contribution is 0.281. The molecular weight excluding hydrogens is 258 g/mol. The Morgan fingerprint density at radius 3 is 2.71 bits per heavy atom. The van der Waals surface area contributed by atoms with Crippen molar-refractivity contribution in [1.82, 2.24) is 4.72 Å². The molecule has 0 aliphatic heterocycles. The summed E-state index contributed by atoms with van der Waals surface area (Å²) in [6.07, 6.45) is 1.92. The number of benzene rings is 1. The molecule has 0 atom stereocenters. The van der Waals surface area contributed by atoms with E-state index in [0.717, 1.165) is 5.75 Å². The highest BCUT2D eigenvalue weighted by Crippen LogP contribution is 2.17. The van der Waals surface area contributed by atoms with Gasteiger partial charge in [-0.1, -0.05) is 12.1 Å². The molecule has 1 rings (SSSR count). The van der Waals surface area contributed by atoms with Crippen LogP contribution in [0.25, 0.3) is 0 Å². The van der Waals surface area contributed by atoms with Crippen molar-refractivity contribution in [2.75, 3.05) is 18.6 Å². The first kappa shape index (κ1) is 14.5. The number of hydrogen-bond acceptors (Lipinski definition) is 4. The highest BCUT2D eigenvalue weighted by Gasteiger charge is 2.16. The summed E-state index contributed by atoms with van der Waals surface area (Å²) in [6, 6.07) is 4.93. The highest BCUT2D eigenvalue weighted by atomic mass is 32.2. The van der Waals surface area contributed by atoms with Gasteiger partial charge in [0.1, 0.15) is 0 Å². The van der Waals surface area contributed by atoms with E-state index < -0.39 is 10.0 Å². The van der Waals surface area contributed by atoms with E-state index in [9.17, 15) is 8.42 Å². The van der Waals surface area contributed by atoms with Crippen LogP contribution in [0.15, 0.2) is 23.1 Å². The Balaban J connectivity index is 2.97. The first-order chi connectivity index (χ1) is 8.01. The second-order valence-corrected chi connectivity index (χ2v) is 6.37. The van der Waals surface area contributed by atoms with Gasteiger partial charge in [0.25, 0.3) is 0 Å². The zero-order valence-electron chi connectivity index (χ0n) is 9.93. The van der Waals surface area contributed by atoms with Gasteiger partial charge in [-0.05, 0) is 30.4 Å². The monoisotopic (exact) mass is 275 g/mol. The molecule has 17 heavy (non-hydrogen) atoms. The van der Waals surface area contributed by atoms with Crippen LogP contribution in [0.5, 0.6) is 0 Å². The Hall–Kier alpha value is -0.560. The van der Waals surface area contributed by atoms with Crippen molar-refractivity contribution >= 4 is 21.8 Å². The van der Waals surface area contributed by atoms with E-state index in [1.807, 2.05) is 6.26 Å². The number of aliphatic hydroxyl groups excluding tert-OH is 1. The molecule has 6 heteroatoms. The van der Waals surface area contributed by atoms with E-state index in [-0.39, 0.29) is 11.5 Å². The molecule has 0 aliphatic rings. The molecule has 0 radical (unpaired) electrons. The topological polar surface area (TPSA) is 66.4 Å². The highest BCUT2D eigenvalue weighted by molar-refractivity contribution is 7.98. The molecule has 96 valence electrons. The smallest absolute Gasteiger partial charge is 0.240 e. The van der Waals surface area contributed by atoms with Gasteiger partial charge < -0.3 is 5.11 Å². The summed E-state index contributed by atoms with van der Waals surface area (Å²) in [5.41, 5.74) is 1.28. The fourth-order valence-electron chi connectivity index (χ4n) is 1.39. The third-order valence-electron chi connectivity index (χ3n) is 2.32. The average molecular weight is 275 g/mol. The number of aliphatic hydroxyl groups is 1. The predicted molar refractivity (Wildman–Crippen MR) is 70.7 cm³/mol. The number of hydrogen-bond donors (Lipinski definition) is 2. The maximum atomic E-state index is 12.0. The summed E-state index contributed by atoms with van der Waals surface area (Å²) in [5.74, 6) is 0.734. The third kappa shape index (κ3) is 3.99. The largest absolute Gasteiger partial charge is 0.392 e. The lowest BCUT2D eigenvalue weighted by Gasteiger charge is -2.10. The van der Waals surface area contributed by atoms with Crippen LogP contribution in [0.4, 0.5) is 0 Å². The van der Waals surface area contributed by atoms with Crippen LogP contribution in [-0.4, -0.2) is 32.1 Å². The van der Waals surface area contributed by atoms with E-state index in [4.69, 9.17) is 5.11 Å². The fraction of sp³-hybridized carbons (Fsp3) is 0.455. The van der Waals surface area contributed by atoms with E-state index in [1.54, 1.807) is 30.8 Å². The van der Waals surface area contributed by atoms with Gasteiger partial charge in [0.2, 0.25) is 10.0 Å². The predicted octanol–water partition coefficient (Wildman–Crippen LogP) is 1.13. The molecule has 1 aromatic carbocycles. The van der Waals surface area contributed by atoms with Crippen molar-refractivity contribution in [2.24, 2.45) is 0 Å². The maximum Gasteiger partial charge on any atom is 0.240 e. The van der Waals surface area contributed by atoms with E-state index >= 15 is 0 Å². The summed E-state index contributed by atoms with van der Waals surface area (Å²) in [5, 5.41) is 9.01. The van der Waals surface area contributed by atoms with Crippen LogP contribution >= 0.6 is 11.8 Å². The van der Waals surface area contributed by atoms with Gasteiger partial charge in [0, 0.05) is 12.3 Å². The normalized spacial score (nSPS) is 11.7. The molecule has 1 aromatic rings. The Morgan fingerprint density at radius 1 is 1.41 bits per heavy atom. The van der Waals surface area contributed by atoms with E-state index in [1.165, 1.54) is 6.07 Å². The molecule has 0 saturated heterocycles. The number of nitrogens with one attached hydrogen (secondary N) is 1. The Morgan fingerprint density at radius 2 is 2.12 bits per heavy atom. The first-order valence-electron chi connectivity index (χ1n) is 5.20. The standard InChI is InChI=1S/C11H17NO3S2/c1-9-3-4-10(8-13)7-11(9)17(14,15)12-5-6-16-2/h3-4,7,12-13H,5-6,8H2,1-2H3. The first-order valence-corrected chi connectivity index (χ1v) is 8.08. The van der Waals surface area contributed by atoms with Crippen molar-refractivity contribution in [2.45, 2.75) is 18.4 Å². The summed E-state index contributed by atoms with van der Waals surface area (Å²) < 4.78 is 26.5. The number of thioether (sulfide) groups is 1. The fourth-order valence-corrected chi connectivity index (χ4v) is 3.15. The van der Waals surface area contributed by atoms with Gasteiger partial charge in [-0.25, -0.2) is 13.1 Å². The third-order valence-corrected chi connectivity index (χ3v) is 4.54. The SMILES string of the molecule is CSCCNS(=O)(=O)c1cc(CO)ccc1C. The molecule has 0 fully saturated rings. The molecule has 0 aromatic heterocycles. The summed E-state index contributed by atoms with van der Waals surface area (Å²) >= 11 is 1.58. The molecule has 2 N–H and O–H groups in total. The van der Waals surface area contributed by atoms with Crippen molar-refractivity contribution in [3.8, 4) is 0 Å². The minimum Gasteiger partial charge on any atom is -0.392 e. The minimum atomic E-state index is -3.47. The maximum absolute atomic E-state index is 12.0. The van der Waals surface area contributed by atoms with Crippen molar-refractivity contribution in [1.29, 1.82) is 0 Å². The van der Waals surface area contributed by atoms with Crippen molar-refractivity contribution < 1.29 is 13.5 Å². The molecule has 0 unspecified atom stereocenters. The molecule has 0 heterocycles. The van der Waals surface area contributed by atoms with Crippen LogP contribution in [0.1, 0.15) is 11.1 Å². The number of rotatable bonds is 6. The molecular formula is C11H17NO3S2. The van der Waals surface area contributed by atoms with Crippen molar-refractivity contribution in [3.63, 3.8) is 0 Å². The summed E-state index contributed by atoms with van der Waals surface area (Å²) in [6.45, 7) is 1.99. The minimum absolute atomic E-state index is 0.159.